The van der Waals surface area contributed by atoms with E-state index in [2.05, 4.69) is 26.0 Å². The molecular weight excluding hydrogens is 582 g/mol. The molecule has 0 spiro atoms. The number of aromatic nitrogens is 4. The molecule has 2 aliphatic heterocycles. The molecule has 3 amide bonds. The molecule has 0 bridgehead atoms. The van der Waals surface area contributed by atoms with Crippen LogP contribution >= 0.6 is 0 Å². The fraction of sp³-hybridized carbons (Fsp3) is 0.581. The van der Waals surface area contributed by atoms with Gasteiger partial charge in [-0.3, -0.25) is 9.59 Å². The number of fused-ring (bicyclic) bond motifs is 2. The fourth-order valence-corrected chi connectivity index (χ4v) is 5.95. The molecule has 242 valence electrons. The first kappa shape index (κ1) is 31.9. The highest BCUT2D eigenvalue weighted by Gasteiger charge is 2.61. The SMILES string of the molecule is COc1cccc(-c2nnn([C@H]3C[C@H]4C(=O)N[C@@]5(C(=O)O)C[C@H]5/C=C\CCCCC[C@@H](NC(=O)OC(C)(C)C)C(=O)N4C3)n2)c1. The van der Waals surface area contributed by atoms with Gasteiger partial charge in [0.2, 0.25) is 17.6 Å². The van der Waals surface area contributed by atoms with Crippen molar-refractivity contribution >= 4 is 23.9 Å². The van der Waals surface area contributed by atoms with Gasteiger partial charge >= 0.3 is 12.1 Å². The van der Waals surface area contributed by atoms with E-state index in [1.165, 1.54) is 9.70 Å². The summed E-state index contributed by atoms with van der Waals surface area (Å²) in [6.07, 6.45) is 6.88. The van der Waals surface area contributed by atoms with Gasteiger partial charge in [0.15, 0.2) is 0 Å². The third-order valence-electron chi connectivity index (χ3n) is 8.41. The summed E-state index contributed by atoms with van der Waals surface area (Å²) in [5.41, 5.74) is -1.52. The van der Waals surface area contributed by atoms with Gasteiger partial charge < -0.3 is 30.1 Å². The van der Waals surface area contributed by atoms with Gasteiger partial charge in [0, 0.05) is 24.4 Å². The number of tetrazole rings is 1. The lowest BCUT2D eigenvalue weighted by atomic mass is 10.0. The number of methoxy groups -OCH3 is 1. The maximum absolute atomic E-state index is 14.2. The quantitative estimate of drug-likeness (QED) is 0.420. The number of hydrogen-bond donors (Lipinski definition) is 3. The maximum atomic E-state index is 14.2. The second kappa shape index (κ2) is 12.9. The van der Waals surface area contributed by atoms with Gasteiger partial charge in [-0.2, -0.15) is 4.80 Å². The van der Waals surface area contributed by atoms with E-state index in [0.29, 0.717) is 30.0 Å². The Bertz CT molecular complexity index is 1470. The number of carbonyl (C=O) groups excluding carboxylic acids is 3. The molecule has 2 fully saturated rings. The summed E-state index contributed by atoms with van der Waals surface area (Å²) in [5, 5.41) is 28.5. The second-order valence-electron chi connectivity index (χ2n) is 12.9. The Hall–Kier alpha value is -4.49. The largest absolute Gasteiger partial charge is 0.497 e. The van der Waals surface area contributed by atoms with Crippen LogP contribution in [0.5, 0.6) is 5.75 Å². The van der Waals surface area contributed by atoms with E-state index in [1.807, 2.05) is 18.2 Å². The van der Waals surface area contributed by atoms with Crippen LogP contribution in [-0.4, -0.2) is 91.0 Å². The molecule has 5 atom stereocenters. The zero-order valence-corrected chi connectivity index (χ0v) is 26.1. The third-order valence-corrected chi connectivity index (χ3v) is 8.41. The van der Waals surface area contributed by atoms with Crippen LogP contribution < -0.4 is 15.4 Å². The van der Waals surface area contributed by atoms with Crippen molar-refractivity contribution in [3.05, 3.63) is 36.4 Å². The average molecular weight is 624 g/mol. The van der Waals surface area contributed by atoms with Crippen LogP contribution in [0.2, 0.25) is 0 Å². The standard InChI is InChI=1S/C31H41N7O7/c1-30(2,3)45-29(43)32-23-14-9-7-5-6-8-12-20-17-31(20,28(41)42)33-26(39)24-16-21(18-37(24)27(23)40)38-35-25(34-36-38)19-11-10-13-22(15-19)44-4/h8,10-13,15,20-21,23-24H,5-7,9,14,16-18H2,1-4H3,(H,32,43)(H,33,39)(H,41,42)/b12-8-/t20-,21+,23-,24+,31+/m1/s1. The molecule has 3 aliphatic rings. The molecular formula is C31H41N7O7. The molecule has 1 aliphatic carbocycles. The van der Waals surface area contributed by atoms with Crippen molar-refractivity contribution < 1.29 is 33.8 Å². The fourth-order valence-electron chi connectivity index (χ4n) is 5.95. The van der Waals surface area contributed by atoms with Crippen LogP contribution in [-0.2, 0) is 19.1 Å². The lowest BCUT2D eigenvalue weighted by Gasteiger charge is -2.30. The maximum Gasteiger partial charge on any atom is 0.408 e. The number of hydrogen-bond acceptors (Lipinski definition) is 9. The Balaban J connectivity index is 1.44. The van der Waals surface area contributed by atoms with E-state index < -0.39 is 53.1 Å². The van der Waals surface area contributed by atoms with Crippen molar-refractivity contribution in [1.29, 1.82) is 0 Å². The van der Waals surface area contributed by atoms with E-state index in [1.54, 1.807) is 46.1 Å². The van der Waals surface area contributed by atoms with E-state index in [4.69, 9.17) is 9.47 Å². The van der Waals surface area contributed by atoms with Gasteiger partial charge in [0.05, 0.1) is 13.2 Å². The van der Waals surface area contributed by atoms with Gasteiger partial charge in [-0.25, -0.2) is 9.59 Å². The number of amides is 3. The third kappa shape index (κ3) is 7.26. The lowest BCUT2D eigenvalue weighted by molar-refractivity contribution is -0.145. The Kier molecular flexibility index (Phi) is 9.12. The Morgan fingerprint density at radius 3 is 2.71 bits per heavy atom. The number of rotatable bonds is 5. The summed E-state index contributed by atoms with van der Waals surface area (Å²) in [6, 6.07) is 4.69. The minimum atomic E-state index is -1.43. The normalized spacial score (nSPS) is 28.0. The highest BCUT2D eigenvalue weighted by Crippen LogP contribution is 2.45. The number of carboxylic acids is 1. The second-order valence-corrected chi connectivity index (χ2v) is 12.9. The Labute approximate surface area is 261 Å². The molecule has 3 N–H and O–H groups in total. The van der Waals surface area contributed by atoms with Crippen molar-refractivity contribution in [3.8, 4) is 17.1 Å². The highest BCUT2D eigenvalue weighted by molar-refractivity contribution is 5.96. The number of benzene rings is 1. The van der Waals surface area contributed by atoms with E-state index in [0.717, 1.165) is 19.3 Å². The van der Waals surface area contributed by atoms with Crippen molar-refractivity contribution in [2.45, 2.75) is 95.0 Å². The number of nitrogens with zero attached hydrogens (tertiary/aromatic N) is 5. The molecule has 45 heavy (non-hydrogen) atoms. The van der Waals surface area contributed by atoms with Crippen LogP contribution in [0.15, 0.2) is 36.4 Å². The van der Waals surface area contributed by atoms with Crippen molar-refractivity contribution in [3.63, 3.8) is 0 Å². The molecule has 2 aromatic rings. The molecule has 0 unspecified atom stereocenters. The van der Waals surface area contributed by atoms with E-state index >= 15 is 0 Å². The zero-order chi connectivity index (χ0) is 32.4. The lowest BCUT2D eigenvalue weighted by Crippen LogP contribution is -2.56. The number of allylic oxidation sites excluding steroid dienone is 1. The molecule has 1 saturated carbocycles. The number of ether oxygens (including phenoxy) is 2. The summed E-state index contributed by atoms with van der Waals surface area (Å²) in [6.45, 7) is 5.26. The molecule has 1 saturated heterocycles. The van der Waals surface area contributed by atoms with Crippen molar-refractivity contribution in [2.24, 2.45) is 5.92 Å². The molecule has 14 nitrogen and oxygen atoms in total. The van der Waals surface area contributed by atoms with Crippen LogP contribution in [0.25, 0.3) is 11.4 Å². The van der Waals surface area contributed by atoms with Crippen molar-refractivity contribution in [1.82, 2.24) is 35.7 Å². The number of nitrogens with one attached hydrogen (secondary N) is 2. The summed E-state index contributed by atoms with van der Waals surface area (Å²) in [4.78, 5) is 55.9. The number of carbonyl (C=O) groups is 4. The van der Waals surface area contributed by atoms with Gasteiger partial charge in [0.1, 0.15) is 29.0 Å². The Morgan fingerprint density at radius 2 is 1.98 bits per heavy atom. The highest BCUT2D eigenvalue weighted by atomic mass is 16.6. The zero-order valence-electron chi connectivity index (χ0n) is 26.1. The molecule has 0 radical (unpaired) electrons. The summed E-state index contributed by atoms with van der Waals surface area (Å²) < 4.78 is 10.7. The number of aliphatic carboxylic acids is 1. The molecule has 5 rings (SSSR count). The minimum Gasteiger partial charge on any atom is -0.497 e. The van der Waals surface area contributed by atoms with Gasteiger partial charge in [-0.15, -0.1) is 10.2 Å². The minimum absolute atomic E-state index is 0.0563. The predicted octanol–water partition coefficient (Wildman–Crippen LogP) is 2.86. The predicted molar refractivity (Wildman–Crippen MR) is 161 cm³/mol. The van der Waals surface area contributed by atoms with Gasteiger partial charge in [-0.1, -0.05) is 37.1 Å². The first-order valence-corrected chi connectivity index (χ1v) is 15.4. The molecule has 3 heterocycles. The van der Waals surface area contributed by atoms with Crippen LogP contribution in [0.1, 0.15) is 71.8 Å². The van der Waals surface area contributed by atoms with Crippen molar-refractivity contribution in [2.75, 3.05) is 13.7 Å². The number of carboxylic acid groups (broad SMARTS) is 1. The topological polar surface area (TPSA) is 178 Å². The monoisotopic (exact) mass is 623 g/mol. The van der Waals surface area contributed by atoms with Crippen LogP contribution in [0.3, 0.4) is 0 Å². The van der Waals surface area contributed by atoms with Crippen LogP contribution in [0.4, 0.5) is 4.79 Å². The molecule has 1 aromatic heterocycles. The first-order valence-electron chi connectivity index (χ1n) is 15.4. The summed E-state index contributed by atoms with van der Waals surface area (Å²) >= 11 is 0. The first-order chi connectivity index (χ1) is 21.4. The van der Waals surface area contributed by atoms with Gasteiger partial charge in [0.25, 0.3) is 0 Å². The molecule has 1 aromatic carbocycles. The van der Waals surface area contributed by atoms with Crippen LogP contribution in [0, 0.1) is 5.92 Å². The summed E-state index contributed by atoms with van der Waals surface area (Å²) in [7, 11) is 1.56. The average Bonchev–Trinajstić information content (AvgIpc) is 3.31. The van der Waals surface area contributed by atoms with Gasteiger partial charge in [-0.05, 0) is 63.8 Å². The smallest absolute Gasteiger partial charge is 0.408 e. The Morgan fingerprint density at radius 1 is 1.18 bits per heavy atom. The van der Waals surface area contributed by atoms with E-state index in [-0.39, 0.29) is 25.3 Å². The summed E-state index contributed by atoms with van der Waals surface area (Å²) in [5.74, 6) is -1.52. The van der Waals surface area contributed by atoms with E-state index in [9.17, 15) is 24.3 Å². The molecule has 14 heteroatoms. The number of alkyl carbamates (subject to hydrolysis) is 1.